The van der Waals surface area contributed by atoms with Crippen LogP contribution in [-0.4, -0.2) is 6.04 Å². The van der Waals surface area contributed by atoms with Crippen LogP contribution in [0.3, 0.4) is 0 Å². The van der Waals surface area contributed by atoms with Gasteiger partial charge in [-0.05, 0) is 31.1 Å². The fourth-order valence-corrected chi connectivity index (χ4v) is 2.54. The first-order valence-corrected chi connectivity index (χ1v) is 6.03. The Labute approximate surface area is 89.8 Å². The highest BCUT2D eigenvalue weighted by atomic mass is 14.7. The summed E-state index contributed by atoms with van der Waals surface area (Å²) in [5.74, 6) is 0. The highest BCUT2D eigenvalue weighted by Crippen LogP contribution is 2.37. The van der Waals surface area contributed by atoms with Crippen LogP contribution in [-0.2, 0) is 0 Å². The van der Waals surface area contributed by atoms with Gasteiger partial charge < -0.3 is 5.73 Å². The van der Waals surface area contributed by atoms with Crippen molar-refractivity contribution < 1.29 is 0 Å². The maximum Gasteiger partial charge on any atom is 0.0130 e. The summed E-state index contributed by atoms with van der Waals surface area (Å²) in [6.45, 7) is 10.6. The minimum atomic E-state index is 0.296. The summed E-state index contributed by atoms with van der Waals surface area (Å²) < 4.78 is 0. The SMILES string of the molecule is C=CCC(N)C(CC)(CCC)CCC. The van der Waals surface area contributed by atoms with Crippen molar-refractivity contribution in [3.63, 3.8) is 0 Å². The average Bonchev–Trinajstić information content (AvgIpc) is 2.17. The highest BCUT2D eigenvalue weighted by molar-refractivity contribution is 4.91. The van der Waals surface area contributed by atoms with Crippen molar-refractivity contribution in [3.05, 3.63) is 12.7 Å². The third-order valence-electron chi connectivity index (χ3n) is 3.41. The van der Waals surface area contributed by atoms with Crippen LogP contribution < -0.4 is 5.73 Å². The van der Waals surface area contributed by atoms with Crippen molar-refractivity contribution in [2.45, 2.75) is 65.3 Å². The van der Waals surface area contributed by atoms with Crippen LogP contribution in [0.1, 0.15) is 59.3 Å². The number of nitrogens with two attached hydrogens (primary N) is 1. The Morgan fingerprint density at radius 2 is 1.71 bits per heavy atom. The Hall–Kier alpha value is -0.300. The lowest BCUT2D eigenvalue weighted by Crippen LogP contribution is -2.41. The summed E-state index contributed by atoms with van der Waals surface area (Å²) >= 11 is 0. The molecule has 1 atom stereocenters. The Balaban J connectivity index is 4.52. The van der Waals surface area contributed by atoms with Crippen molar-refractivity contribution in [1.29, 1.82) is 0 Å². The molecule has 0 aliphatic rings. The Morgan fingerprint density at radius 1 is 1.21 bits per heavy atom. The topological polar surface area (TPSA) is 26.0 Å². The fourth-order valence-electron chi connectivity index (χ4n) is 2.54. The molecule has 0 heterocycles. The second-order valence-corrected chi connectivity index (χ2v) is 4.35. The van der Waals surface area contributed by atoms with E-state index < -0.39 is 0 Å². The minimum Gasteiger partial charge on any atom is -0.327 e. The Morgan fingerprint density at radius 3 is 2.00 bits per heavy atom. The minimum absolute atomic E-state index is 0.296. The molecule has 0 saturated heterocycles. The summed E-state index contributed by atoms with van der Waals surface area (Å²) in [5, 5.41) is 0. The van der Waals surface area contributed by atoms with E-state index in [2.05, 4.69) is 27.4 Å². The zero-order valence-electron chi connectivity index (χ0n) is 10.2. The summed E-state index contributed by atoms with van der Waals surface area (Å²) in [4.78, 5) is 0. The molecular weight excluding hydrogens is 170 g/mol. The molecule has 14 heavy (non-hydrogen) atoms. The van der Waals surface area contributed by atoms with Crippen LogP contribution in [0.2, 0.25) is 0 Å². The zero-order valence-corrected chi connectivity index (χ0v) is 10.2. The number of hydrogen-bond acceptors (Lipinski definition) is 1. The van der Waals surface area contributed by atoms with E-state index in [0.717, 1.165) is 6.42 Å². The van der Waals surface area contributed by atoms with Crippen LogP contribution in [0.15, 0.2) is 12.7 Å². The lowest BCUT2D eigenvalue weighted by molar-refractivity contribution is 0.172. The molecule has 0 aromatic heterocycles. The molecule has 84 valence electrons. The van der Waals surface area contributed by atoms with Crippen molar-refractivity contribution in [2.75, 3.05) is 0 Å². The van der Waals surface area contributed by atoms with Gasteiger partial charge in [0.15, 0.2) is 0 Å². The van der Waals surface area contributed by atoms with Gasteiger partial charge in [-0.2, -0.15) is 0 Å². The molecule has 0 aliphatic carbocycles. The monoisotopic (exact) mass is 197 g/mol. The van der Waals surface area contributed by atoms with E-state index in [0.29, 0.717) is 11.5 Å². The molecule has 0 saturated carbocycles. The molecule has 0 amide bonds. The van der Waals surface area contributed by atoms with Crippen LogP contribution in [0, 0.1) is 5.41 Å². The summed E-state index contributed by atoms with van der Waals surface area (Å²) in [6, 6.07) is 0.296. The van der Waals surface area contributed by atoms with Crippen molar-refractivity contribution in [1.82, 2.24) is 0 Å². The molecule has 1 heteroatoms. The van der Waals surface area contributed by atoms with Gasteiger partial charge in [-0.25, -0.2) is 0 Å². The second kappa shape index (κ2) is 7.05. The fraction of sp³-hybridized carbons (Fsp3) is 0.846. The van der Waals surface area contributed by atoms with E-state index in [4.69, 9.17) is 5.73 Å². The predicted octanol–water partition coefficient (Wildman–Crippen LogP) is 3.89. The van der Waals surface area contributed by atoms with Gasteiger partial charge in [0.2, 0.25) is 0 Å². The first kappa shape index (κ1) is 13.7. The van der Waals surface area contributed by atoms with Crippen molar-refractivity contribution in [3.8, 4) is 0 Å². The van der Waals surface area contributed by atoms with Crippen LogP contribution in [0.5, 0.6) is 0 Å². The average molecular weight is 197 g/mol. The first-order valence-electron chi connectivity index (χ1n) is 6.03. The molecule has 0 radical (unpaired) electrons. The molecule has 2 N–H and O–H groups in total. The summed E-state index contributed by atoms with van der Waals surface area (Å²) in [7, 11) is 0. The third-order valence-corrected chi connectivity index (χ3v) is 3.41. The molecule has 1 unspecified atom stereocenters. The van der Waals surface area contributed by atoms with E-state index in [-0.39, 0.29) is 0 Å². The molecule has 0 bridgehead atoms. The van der Waals surface area contributed by atoms with E-state index in [9.17, 15) is 0 Å². The third kappa shape index (κ3) is 3.45. The molecule has 0 spiro atoms. The van der Waals surface area contributed by atoms with Crippen LogP contribution >= 0.6 is 0 Å². The van der Waals surface area contributed by atoms with Crippen LogP contribution in [0.25, 0.3) is 0 Å². The maximum atomic E-state index is 6.27. The normalized spacial score (nSPS) is 14.0. The van der Waals surface area contributed by atoms with Gasteiger partial charge >= 0.3 is 0 Å². The quantitative estimate of drug-likeness (QED) is 0.587. The molecule has 0 rings (SSSR count). The van der Waals surface area contributed by atoms with Gasteiger partial charge in [-0.3, -0.25) is 0 Å². The number of rotatable bonds is 8. The summed E-state index contributed by atoms with van der Waals surface area (Å²) in [5.41, 5.74) is 6.63. The van der Waals surface area contributed by atoms with Crippen molar-refractivity contribution >= 4 is 0 Å². The van der Waals surface area contributed by atoms with Gasteiger partial charge in [0.1, 0.15) is 0 Å². The molecular formula is C13H27N. The maximum absolute atomic E-state index is 6.27. The van der Waals surface area contributed by atoms with E-state index in [1.54, 1.807) is 0 Å². The predicted molar refractivity (Wildman–Crippen MR) is 65.3 cm³/mol. The highest BCUT2D eigenvalue weighted by Gasteiger charge is 2.32. The van der Waals surface area contributed by atoms with Crippen molar-refractivity contribution in [2.24, 2.45) is 11.1 Å². The molecule has 0 aliphatic heterocycles. The molecule has 0 aromatic carbocycles. The Bertz CT molecular complexity index is 145. The second-order valence-electron chi connectivity index (χ2n) is 4.35. The lowest BCUT2D eigenvalue weighted by atomic mass is 9.70. The largest absolute Gasteiger partial charge is 0.327 e. The molecule has 1 nitrogen and oxygen atoms in total. The molecule has 0 fully saturated rings. The van der Waals surface area contributed by atoms with Gasteiger partial charge in [0.25, 0.3) is 0 Å². The number of hydrogen-bond donors (Lipinski definition) is 1. The van der Waals surface area contributed by atoms with E-state index >= 15 is 0 Å². The van der Waals surface area contributed by atoms with Crippen LogP contribution in [0.4, 0.5) is 0 Å². The lowest BCUT2D eigenvalue weighted by Gasteiger charge is -2.38. The molecule has 0 aromatic rings. The zero-order chi connectivity index (χ0) is 11.0. The first-order chi connectivity index (χ1) is 6.66. The standard InChI is InChI=1S/C13H27N/c1-5-9-12(14)13(8-4,10-6-2)11-7-3/h5,12H,1,6-11,14H2,2-4H3. The van der Waals surface area contributed by atoms with E-state index in [1.807, 2.05) is 6.08 Å². The van der Waals surface area contributed by atoms with Gasteiger partial charge in [0, 0.05) is 6.04 Å². The summed E-state index contributed by atoms with van der Waals surface area (Å²) in [6.07, 6.45) is 9.09. The Kier molecular flexibility index (Phi) is 6.90. The van der Waals surface area contributed by atoms with E-state index in [1.165, 1.54) is 32.1 Å². The smallest absolute Gasteiger partial charge is 0.0130 e. The van der Waals surface area contributed by atoms with Gasteiger partial charge in [-0.1, -0.05) is 39.7 Å². The van der Waals surface area contributed by atoms with Gasteiger partial charge in [0.05, 0.1) is 0 Å². The van der Waals surface area contributed by atoms with Gasteiger partial charge in [-0.15, -0.1) is 6.58 Å².